The minimum Gasteiger partial charge on any atom is -0.478 e. The number of pyridine rings is 1. The first-order valence-corrected chi connectivity index (χ1v) is 10.6. The molecule has 2 aliphatic heterocycles. The molecule has 3 aromatic rings. The topological polar surface area (TPSA) is 104 Å². The van der Waals surface area contributed by atoms with Gasteiger partial charge >= 0.3 is 12.1 Å². The molecule has 2 aliphatic rings. The number of amides is 1. The fourth-order valence-corrected chi connectivity index (χ4v) is 4.41. The zero-order chi connectivity index (χ0) is 23.8. The van der Waals surface area contributed by atoms with Crippen LogP contribution in [0.25, 0.3) is 10.9 Å². The van der Waals surface area contributed by atoms with Gasteiger partial charge in [0.1, 0.15) is 5.04 Å². The molecule has 1 atom stereocenters. The molecule has 1 unspecified atom stereocenters. The van der Waals surface area contributed by atoms with E-state index in [1.807, 2.05) is 30.3 Å². The number of aromatic nitrogens is 1. The number of anilines is 1. The van der Waals surface area contributed by atoms with Gasteiger partial charge in [-0.3, -0.25) is 15.2 Å². The Hall–Kier alpha value is -3.60. The summed E-state index contributed by atoms with van der Waals surface area (Å²) in [7, 11) is 0. The maximum Gasteiger partial charge on any atom is 0.388 e. The van der Waals surface area contributed by atoms with E-state index in [0.717, 1.165) is 23.4 Å². The van der Waals surface area contributed by atoms with Gasteiger partial charge < -0.3 is 10.4 Å². The Kier molecular flexibility index (Phi) is 5.75. The number of rotatable bonds is 2. The van der Waals surface area contributed by atoms with Crippen LogP contribution < -0.4 is 10.7 Å². The summed E-state index contributed by atoms with van der Waals surface area (Å²) in [5, 5.41) is 18.1. The molecule has 7 nitrogen and oxygen atoms in total. The molecule has 0 saturated heterocycles. The summed E-state index contributed by atoms with van der Waals surface area (Å²) in [6.45, 7) is 1.08. The van der Waals surface area contributed by atoms with E-state index in [9.17, 15) is 27.9 Å². The van der Waals surface area contributed by atoms with Gasteiger partial charge in [0.15, 0.2) is 0 Å². The van der Waals surface area contributed by atoms with Crippen molar-refractivity contribution in [3.05, 3.63) is 71.4 Å². The lowest BCUT2D eigenvalue weighted by atomic mass is 10.0. The molecule has 11 heteroatoms. The average molecular weight is 474 g/mol. The highest BCUT2D eigenvalue weighted by atomic mass is 32.2. The lowest BCUT2D eigenvalue weighted by Crippen LogP contribution is -2.39. The largest absolute Gasteiger partial charge is 0.478 e. The highest BCUT2D eigenvalue weighted by molar-refractivity contribution is 8.16. The van der Waals surface area contributed by atoms with Crippen molar-refractivity contribution in [1.29, 1.82) is 0 Å². The first-order valence-electron chi connectivity index (χ1n) is 9.78. The van der Waals surface area contributed by atoms with Gasteiger partial charge in [0, 0.05) is 34.8 Å². The maximum absolute atomic E-state index is 12.7. The molecule has 1 amide bonds. The van der Waals surface area contributed by atoms with Gasteiger partial charge in [-0.2, -0.15) is 18.3 Å². The molecular formula is C22H17F3N4O3S. The third kappa shape index (κ3) is 4.36. The summed E-state index contributed by atoms with van der Waals surface area (Å²) in [6, 6.07) is 14.2. The van der Waals surface area contributed by atoms with Crippen LogP contribution in [-0.2, 0) is 9.67 Å². The van der Waals surface area contributed by atoms with Gasteiger partial charge in [-0.15, -0.1) is 0 Å². The summed E-state index contributed by atoms with van der Waals surface area (Å²) in [5.74, 6) is -1.32. The number of alkyl halides is 3. The number of nitrogens with zero attached hydrogens (tertiary/aromatic N) is 2. The van der Waals surface area contributed by atoms with Crippen LogP contribution in [0.2, 0.25) is 0 Å². The van der Waals surface area contributed by atoms with Gasteiger partial charge in [-0.25, -0.2) is 4.79 Å². The van der Waals surface area contributed by atoms with Gasteiger partial charge in [0.05, 0.1) is 11.1 Å². The number of carboxylic acid groups (broad SMARTS) is 1. The summed E-state index contributed by atoms with van der Waals surface area (Å²) >= 11 is 1.27. The van der Waals surface area contributed by atoms with Crippen LogP contribution in [0.1, 0.15) is 34.8 Å². The van der Waals surface area contributed by atoms with Crippen molar-refractivity contribution in [3.63, 3.8) is 0 Å². The molecule has 0 aliphatic carbocycles. The van der Waals surface area contributed by atoms with Crippen LogP contribution in [0, 0.1) is 0 Å². The lowest BCUT2D eigenvalue weighted by molar-refractivity contribution is -0.130. The molecule has 33 heavy (non-hydrogen) atoms. The molecule has 2 aromatic carbocycles. The zero-order valence-corrected chi connectivity index (χ0v) is 17.9. The predicted octanol–water partition coefficient (Wildman–Crippen LogP) is 4.69. The number of thioether (sulfide) groups is 1. The Labute approximate surface area is 190 Å². The van der Waals surface area contributed by atoms with Crippen LogP contribution in [-0.4, -0.2) is 33.2 Å². The van der Waals surface area contributed by atoms with Gasteiger partial charge in [0.2, 0.25) is 4.87 Å². The summed E-state index contributed by atoms with van der Waals surface area (Å²) in [6.07, 6.45) is -2.95. The average Bonchev–Trinajstić information content (AvgIpc) is 3.36. The number of fused-ring (bicyclic) bond motifs is 3. The van der Waals surface area contributed by atoms with Crippen molar-refractivity contribution in [2.45, 2.75) is 24.4 Å². The smallest absolute Gasteiger partial charge is 0.388 e. The Morgan fingerprint density at radius 2 is 1.94 bits per heavy atom. The first kappa shape index (κ1) is 22.6. The Morgan fingerprint density at radius 1 is 1.18 bits per heavy atom. The number of carboxylic acids is 1. The van der Waals surface area contributed by atoms with Crippen molar-refractivity contribution in [2.24, 2.45) is 5.10 Å². The van der Waals surface area contributed by atoms with E-state index in [4.69, 9.17) is 0 Å². The van der Waals surface area contributed by atoms with Crippen LogP contribution in [0.4, 0.5) is 18.9 Å². The van der Waals surface area contributed by atoms with E-state index in [0.29, 0.717) is 16.3 Å². The molecule has 1 aromatic heterocycles. The van der Waals surface area contributed by atoms with Crippen molar-refractivity contribution >= 4 is 45.3 Å². The molecule has 3 N–H and O–H groups in total. The first-order chi connectivity index (χ1) is 15.6. The van der Waals surface area contributed by atoms with Crippen LogP contribution in [0.5, 0.6) is 0 Å². The van der Waals surface area contributed by atoms with Gasteiger partial charge in [-0.1, -0.05) is 30.8 Å². The van der Waals surface area contributed by atoms with Crippen LogP contribution in [0.15, 0.2) is 59.8 Å². The molecule has 0 saturated carbocycles. The van der Waals surface area contributed by atoms with Gasteiger partial charge in [0.25, 0.3) is 5.91 Å². The van der Waals surface area contributed by atoms with Crippen LogP contribution >= 0.6 is 11.8 Å². The number of halogens is 3. The number of benzene rings is 2. The fourth-order valence-electron chi connectivity index (χ4n) is 3.27. The predicted molar refractivity (Wildman–Crippen MR) is 119 cm³/mol. The van der Waals surface area contributed by atoms with E-state index in [2.05, 4.69) is 20.8 Å². The third-order valence-corrected chi connectivity index (χ3v) is 6.35. The fraction of sp³-hybridized carbons (Fsp3) is 0.182. The number of carbonyl (C=O) groups excluding carboxylic acids is 1. The Bertz CT molecular complexity index is 1300. The van der Waals surface area contributed by atoms with Crippen molar-refractivity contribution in [3.8, 4) is 0 Å². The third-order valence-electron chi connectivity index (χ3n) is 5.03. The summed E-state index contributed by atoms with van der Waals surface area (Å²) in [5.41, 5.74) is 5.95. The number of hydrogen-bond donors (Lipinski definition) is 3. The van der Waals surface area contributed by atoms with E-state index in [1.54, 1.807) is 12.3 Å². The van der Waals surface area contributed by atoms with E-state index < -0.39 is 23.4 Å². The molecule has 1 spiro atoms. The normalized spacial score (nSPS) is 18.8. The molecule has 170 valence electrons. The minimum atomic E-state index is -3.96. The number of aromatic carboxylic acids is 1. The molecule has 0 bridgehead atoms. The molecular weight excluding hydrogens is 457 g/mol. The monoisotopic (exact) mass is 474 g/mol. The second-order valence-corrected chi connectivity index (χ2v) is 8.41. The highest BCUT2D eigenvalue weighted by Gasteiger charge is 2.52. The van der Waals surface area contributed by atoms with Crippen LogP contribution in [0.3, 0.4) is 0 Å². The standard InChI is InChI=1S/C19H12N4O3S.C3H5F3/c24-17(25)12-4-6-15-13(9-12)19(18(26)21-15)23-22-16(27-19)11-3-5-14-10(8-11)2-1-7-20-14;1-2-3(4,5)6/h1-9,23H,(H,21,26)(H,24,25);2H2,1H3. The number of carbonyl (C=O) groups is 2. The highest BCUT2D eigenvalue weighted by Crippen LogP contribution is 2.48. The molecule has 0 fully saturated rings. The minimum absolute atomic E-state index is 0.122. The Morgan fingerprint density at radius 3 is 2.64 bits per heavy atom. The molecule has 5 rings (SSSR count). The molecule has 3 heterocycles. The lowest BCUT2D eigenvalue weighted by Gasteiger charge is -2.20. The quantitative estimate of drug-likeness (QED) is 0.498. The molecule has 0 radical (unpaired) electrons. The second-order valence-electron chi connectivity index (χ2n) is 7.21. The maximum atomic E-state index is 12.7. The van der Waals surface area contributed by atoms with Crippen molar-refractivity contribution < 1.29 is 27.9 Å². The van der Waals surface area contributed by atoms with E-state index in [1.165, 1.54) is 23.9 Å². The Balaban J connectivity index is 0.000000385. The summed E-state index contributed by atoms with van der Waals surface area (Å²) < 4.78 is 32.4. The van der Waals surface area contributed by atoms with E-state index >= 15 is 0 Å². The van der Waals surface area contributed by atoms with Crippen molar-refractivity contribution in [1.82, 2.24) is 10.4 Å². The SMILES string of the molecule is CCC(F)(F)F.O=C(O)c1ccc2c(c1)C1(NN=C(c3ccc4ncccc4c3)S1)C(=O)N2. The number of hydrogen-bond acceptors (Lipinski definition) is 6. The second kappa shape index (κ2) is 8.39. The van der Waals surface area contributed by atoms with Gasteiger partial charge in [-0.05, 0) is 36.4 Å². The zero-order valence-electron chi connectivity index (χ0n) is 17.1. The summed E-state index contributed by atoms with van der Waals surface area (Å²) in [4.78, 5) is 27.2. The van der Waals surface area contributed by atoms with E-state index in [-0.39, 0.29) is 11.5 Å². The number of hydrazone groups is 1. The number of nitrogens with one attached hydrogen (secondary N) is 2. The van der Waals surface area contributed by atoms with Crippen molar-refractivity contribution in [2.75, 3.05) is 5.32 Å².